The van der Waals surface area contributed by atoms with Gasteiger partial charge in [0.15, 0.2) is 0 Å². The molecular weight excluding hydrogens is 331 g/mol. The van der Waals surface area contributed by atoms with Crippen molar-refractivity contribution in [2.75, 3.05) is 26.2 Å². The number of rotatable bonds is 6. The Labute approximate surface area is 154 Å². The lowest BCUT2D eigenvalue weighted by Gasteiger charge is -2.35. The lowest BCUT2D eigenvalue weighted by Crippen LogP contribution is -2.51. The van der Waals surface area contributed by atoms with Crippen LogP contribution in [0.4, 0.5) is 4.39 Å². The summed E-state index contributed by atoms with van der Waals surface area (Å²) in [6.07, 6.45) is 6.22. The molecule has 0 bridgehead atoms. The predicted octanol–water partition coefficient (Wildman–Crippen LogP) is 2.87. The van der Waals surface area contributed by atoms with Gasteiger partial charge in [0.25, 0.3) is 0 Å². The third kappa shape index (κ3) is 4.25. The zero-order chi connectivity index (χ0) is 18.1. The molecule has 0 unspecified atom stereocenters. The van der Waals surface area contributed by atoms with Crippen LogP contribution in [0, 0.1) is 23.6 Å². The molecule has 4 rings (SSSR count). The van der Waals surface area contributed by atoms with Gasteiger partial charge >= 0.3 is 0 Å². The average molecular weight is 358 g/mol. The fourth-order valence-electron chi connectivity index (χ4n) is 4.19. The molecule has 0 N–H and O–H groups in total. The van der Waals surface area contributed by atoms with Crippen molar-refractivity contribution >= 4 is 11.8 Å². The van der Waals surface area contributed by atoms with Crippen molar-refractivity contribution < 1.29 is 14.0 Å². The minimum atomic E-state index is -0.288. The summed E-state index contributed by atoms with van der Waals surface area (Å²) in [6.45, 7) is 2.47. The predicted molar refractivity (Wildman–Crippen MR) is 96.8 cm³/mol. The van der Waals surface area contributed by atoms with Gasteiger partial charge in [-0.3, -0.25) is 9.59 Å². The van der Waals surface area contributed by atoms with Crippen molar-refractivity contribution in [3.05, 3.63) is 35.6 Å². The Morgan fingerprint density at radius 2 is 1.38 bits per heavy atom. The molecule has 3 fully saturated rings. The fourth-order valence-corrected chi connectivity index (χ4v) is 4.19. The lowest BCUT2D eigenvalue weighted by atomic mass is 9.93. The van der Waals surface area contributed by atoms with E-state index in [2.05, 4.69) is 0 Å². The van der Waals surface area contributed by atoms with Gasteiger partial charge in [-0.15, -0.1) is 0 Å². The zero-order valence-electron chi connectivity index (χ0n) is 15.2. The standard InChI is InChI=1S/C21H27FN2O2/c22-18-7-1-15(2-8-18)13-20(25)23-9-11-24(12-10-23)21(26)14-19(16-3-4-16)17-5-6-17/h1-2,7-8,16-17,19H,3-6,9-14H2. The first-order chi connectivity index (χ1) is 12.6. The second-order valence-corrected chi connectivity index (χ2v) is 8.11. The third-order valence-corrected chi connectivity index (χ3v) is 6.12. The van der Waals surface area contributed by atoms with Gasteiger partial charge in [0.1, 0.15) is 5.82 Å². The van der Waals surface area contributed by atoms with Crippen LogP contribution in [0.1, 0.15) is 37.7 Å². The molecule has 0 radical (unpaired) electrons. The van der Waals surface area contributed by atoms with E-state index in [0.29, 0.717) is 44.9 Å². The monoisotopic (exact) mass is 358 g/mol. The first-order valence-corrected chi connectivity index (χ1v) is 9.90. The zero-order valence-corrected chi connectivity index (χ0v) is 15.2. The molecule has 0 aromatic heterocycles. The van der Waals surface area contributed by atoms with Gasteiger partial charge in [0.2, 0.25) is 11.8 Å². The van der Waals surface area contributed by atoms with Crippen LogP contribution in [0.25, 0.3) is 0 Å². The Balaban J connectivity index is 1.24. The van der Waals surface area contributed by atoms with E-state index in [-0.39, 0.29) is 17.6 Å². The molecule has 0 spiro atoms. The van der Waals surface area contributed by atoms with Gasteiger partial charge in [0, 0.05) is 32.6 Å². The summed E-state index contributed by atoms with van der Waals surface area (Å²) in [5.41, 5.74) is 0.826. The van der Waals surface area contributed by atoms with Crippen LogP contribution in [0.2, 0.25) is 0 Å². The Hall–Kier alpha value is -1.91. The first kappa shape index (κ1) is 17.5. The Bertz CT molecular complexity index is 647. The highest BCUT2D eigenvalue weighted by molar-refractivity contribution is 5.80. The van der Waals surface area contributed by atoms with E-state index in [1.54, 1.807) is 12.1 Å². The molecule has 2 aliphatic carbocycles. The number of carbonyl (C=O) groups excluding carboxylic acids is 2. The summed E-state index contributed by atoms with van der Waals surface area (Å²) in [5, 5.41) is 0. The second-order valence-electron chi connectivity index (χ2n) is 8.11. The van der Waals surface area contributed by atoms with Crippen LogP contribution in [-0.2, 0) is 16.0 Å². The van der Waals surface area contributed by atoms with Crippen LogP contribution in [0.15, 0.2) is 24.3 Å². The van der Waals surface area contributed by atoms with E-state index in [1.165, 1.54) is 37.8 Å². The van der Waals surface area contributed by atoms with Gasteiger partial charge in [-0.25, -0.2) is 4.39 Å². The SMILES string of the molecule is O=C(Cc1ccc(F)cc1)N1CCN(C(=O)CC(C2CC2)C2CC2)CC1. The van der Waals surface area contributed by atoms with Crippen molar-refractivity contribution in [1.29, 1.82) is 0 Å². The maximum Gasteiger partial charge on any atom is 0.227 e. The van der Waals surface area contributed by atoms with Crippen LogP contribution in [-0.4, -0.2) is 47.8 Å². The second kappa shape index (κ2) is 7.37. The molecule has 5 heteroatoms. The number of carbonyl (C=O) groups is 2. The molecule has 26 heavy (non-hydrogen) atoms. The normalized spacial score (nSPS) is 20.5. The summed E-state index contributed by atoms with van der Waals surface area (Å²) in [7, 11) is 0. The molecular formula is C21H27FN2O2. The number of piperazine rings is 1. The minimum Gasteiger partial charge on any atom is -0.339 e. The smallest absolute Gasteiger partial charge is 0.227 e. The first-order valence-electron chi connectivity index (χ1n) is 9.90. The van der Waals surface area contributed by atoms with Crippen molar-refractivity contribution in [1.82, 2.24) is 9.80 Å². The number of hydrogen-bond acceptors (Lipinski definition) is 2. The summed E-state index contributed by atoms with van der Waals surface area (Å²) in [4.78, 5) is 28.9. The maximum absolute atomic E-state index is 13.0. The molecule has 2 amide bonds. The molecule has 0 atom stereocenters. The molecule has 1 heterocycles. The third-order valence-electron chi connectivity index (χ3n) is 6.12. The summed E-state index contributed by atoms with van der Waals surface area (Å²) < 4.78 is 13.0. The number of hydrogen-bond donors (Lipinski definition) is 0. The Morgan fingerprint density at radius 1 is 0.885 bits per heavy atom. The van der Waals surface area contributed by atoms with Gasteiger partial charge in [-0.2, -0.15) is 0 Å². The van der Waals surface area contributed by atoms with Crippen LogP contribution in [0.5, 0.6) is 0 Å². The molecule has 4 nitrogen and oxygen atoms in total. The average Bonchev–Trinajstić information content (AvgIpc) is 3.55. The quantitative estimate of drug-likeness (QED) is 0.785. The summed E-state index contributed by atoms with van der Waals surface area (Å²) >= 11 is 0. The van der Waals surface area contributed by atoms with Crippen LogP contribution >= 0.6 is 0 Å². The molecule has 3 aliphatic rings. The van der Waals surface area contributed by atoms with Crippen LogP contribution in [0.3, 0.4) is 0 Å². The van der Waals surface area contributed by atoms with E-state index < -0.39 is 0 Å². The highest BCUT2D eigenvalue weighted by Gasteiger charge is 2.42. The molecule has 1 aliphatic heterocycles. The molecule has 140 valence electrons. The molecule has 1 saturated heterocycles. The molecule has 2 saturated carbocycles. The van der Waals surface area contributed by atoms with Gasteiger partial charge < -0.3 is 9.80 Å². The fraction of sp³-hybridized carbons (Fsp3) is 0.619. The van der Waals surface area contributed by atoms with Gasteiger partial charge in [0.05, 0.1) is 6.42 Å². The van der Waals surface area contributed by atoms with Crippen molar-refractivity contribution in [2.24, 2.45) is 17.8 Å². The van der Waals surface area contributed by atoms with E-state index in [1.807, 2.05) is 9.80 Å². The topological polar surface area (TPSA) is 40.6 Å². The number of halogens is 1. The van der Waals surface area contributed by atoms with E-state index >= 15 is 0 Å². The summed E-state index contributed by atoms with van der Waals surface area (Å²) in [6, 6.07) is 6.08. The minimum absolute atomic E-state index is 0.0533. The number of benzene rings is 1. The van der Waals surface area contributed by atoms with Crippen molar-refractivity contribution in [3.8, 4) is 0 Å². The number of nitrogens with zero attached hydrogens (tertiary/aromatic N) is 2. The molecule has 1 aromatic rings. The van der Waals surface area contributed by atoms with E-state index in [4.69, 9.17) is 0 Å². The van der Waals surface area contributed by atoms with Gasteiger partial charge in [-0.1, -0.05) is 12.1 Å². The maximum atomic E-state index is 13.0. The van der Waals surface area contributed by atoms with Crippen LogP contribution < -0.4 is 0 Å². The van der Waals surface area contributed by atoms with E-state index in [0.717, 1.165) is 17.4 Å². The van der Waals surface area contributed by atoms with E-state index in [9.17, 15) is 14.0 Å². The van der Waals surface area contributed by atoms with Crippen molar-refractivity contribution in [2.45, 2.75) is 38.5 Å². The van der Waals surface area contributed by atoms with Gasteiger partial charge in [-0.05, 0) is 61.1 Å². The Morgan fingerprint density at radius 3 is 1.88 bits per heavy atom. The highest BCUT2D eigenvalue weighted by Crippen LogP contribution is 2.50. The molecule has 1 aromatic carbocycles. The highest BCUT2D eigenvalue weighted by atomic mass is 19.1. The Kier molecular flexibility index (Phi) is 4.96. The largest absolute Gasteiger partial charge is 0.339 e. The lowest BCUT2D eigenvalue weighted by molar-refractivity contribution is -0.140. The number of amides is 2. The van der Waals surface area contributed by atoms with Crippen molar-refractivity contribution in [3.63, 3.8) is 0 Å². The summed E-state index contributed by atoms with van der Waals surface area (Å²) in [5.74, 6) is 2.25.